The van der Waals surface area contributed by atoms with Crippen LogP contribution in [-0.4, -0.2) is 30.5 Å². The molecule has 1 aliphatic carbocycles. The van der Waals surface area contributed by atoms with Gasteiger partial charge < -0.3 is 9.64 Å². The van der Waals surface area contributed by atoms with Crippen LogP contribution in [0.2, 0.25) is 0 Å². The van der Waals surface area contributed by atoms with Crippen LogP contribution >= 0.6 is 0 Å². The number of hydrogen-bond acceptors (Lipinski definition) is 2. The van der Waals surface area contributed by atoms with E-state index in [9.17, 15) is 4.79 Å². The molecule has 114 valence electrons. The molecule has 0 aromatic heterocycles. The Morgan fingerprint density at radius 3 is 2.62 bits per heavy atom. The number of amides is 1. The van der Waals surface area contributed by atoms with E-state index in [4.69, 9.17) is 4.74 Å². The predicted molar refractivity (Wildman–Crippen MR) is 83.2 cm³/mol. The maximum atomic E-state index is 12.5. The number of carbonyl (C=O) groups is 1. The summed E-state index contributed by atoms with van der Waals surface area (Å²) in [5, 5.41) is 0. The first kappa shape index (κ1) is 14.4. The molecule has 0 radical (unpaired) electrons. The van der Waals surface area contributed by atoms with Crippen molar-refractivity contribution in [1.29, 1.82) is 0 Å². The van der Waals surface area contributed by atoms with Gasteiger partial charge in [0, 0.05) is 24.9 Å². The van der Waals surface area contributed by atoms with Crippen molar-refractivity contribution in [1.82, 2.24) is 4.90 Å². The Kier molecular flexibility index (Phi) is 4.79. The largest absolute Gasteiger partial charge is 0.493 e. The molecule has 21 heavy (non-hydrogen) atoms. The first-order valence-corrected chi connectivity index (χ1v) is 8.29. The molecule has 2 aliphatic rings. The van der Waals surface area contributed by atoms with Gasteiger partial charge in [-0.05, 0) is 37.8 Å². The van der Waals surface area contributed by atoms with Crippen molar-refractivity contribution in [3.63, 3.8) is 0 Å². The van der Waals surface area contributed by atoms with Gasteiger partial charge in [-0.15, -0.1) is 0 Å². The van der Waals surface area contributed by atoms with Crippen molar-refractivity contribution in [3.05, 3.63) is 30.3 Å². The molecule has 1 saturated carbocycles. The molecule has 0 N–H and O–H groups in total. The molecule has 0 spiro atoms. The predicted octanol–water partition coefficient (Wildman–Crippen LogP) is 3.49. The zero-order valence-corrected chi connectivity index (χ0v) is 12.7. The summed E-state index contributed by atoms with van der Waals surface area (Å²) >= 11 is 0. The monoisotopic (exact) mass is 287 g/mol. The van der Waals surface area contributed by atoms with Crippen molar-refractivity contribution in [2.75, 3.05) is 19.7 Å². The van der Waals surface area contributed by atoms with E-state index in [0.717, 1.165) is 44.7 Å². The minimum atomic E-state index is 0.304. The van der Waals surface area contributed by atoms with Gasteiger partial charge in [0.15, 0.2) is 0 Å². The van der Waals surface area contributed by atoms with Crippen molar-refractivity contribution in [3.8, 4) is 5.75 Å². The molecule has 3 nitrogen and oxygen atoms in total. The van der Waals surface area contributed by atoms with Crippen LogP contribution in [0.5, 0.6) is 5.75 Å². The Labute approximate surface area is 127 Å². The van der Waals surface area contributed by atoms with E-state index in [2.05, 4.69) is 4.90 Å². The number of likely N-dealkylation sites (tertiary alicyclic amines) is 1. The van der Waals surface area contributed by atoms with Gasteiger partial charge in [-0.2, -0.15) is 0 Å². The van der Waals surface area contributed by atoms with E-state index in [-0.39, 0.29) is 0 Å². The summed E-state index contributed by atoms with van der Waals surface area (Å²) in [7, 11) is 0. The highest BCUT2D eigenvalue weighted by atomic mass is 16.5. The summed E-state index contributed by atoms with van der Waals surface area (Å²) in [6, 6.07) is 9.96. The number of ether oxygens (including phenoxy) is 1. The third kappa shape index (κ3) is 3.78. The SMILES string of the molecule is O=C(C1CCCC1)N1CCCC(COc2ccccc2)C1. The lowest BCUT2D eigenvalue weighted by molar-refractivity contribution is -0.137. The Morgan fingerprint density at radius 1 is 1.10 bits per heavy atom. The van der Waals surface area contributed by atoms with Gasteiger partial charge in [-0.25, -0.2) is 0 Å². The van der Waals surface area contributed by atoms with Crippen LogP contribution in [0.25, 0.3) is 0 Å². The van der Waals surface area contributed by atoms with Gasteiger partial charge in [0.1, 0.15) is 5.75 Å². The highest BCUT2D eigenvalue weighted by molar-refractivity contribution is 5.79. The third-order valence-corrected chi connectivity index (χ3v) is 4.76. The number of nitrogens with zero attached hydrogens (tertiary/aromatic N) is 1. The summed E-state index contributed by atoms with van der Waals surface area (Å²) in [4.78, 5) is 14.6. The zero-order valence-electron chi connectivity index (χ0n) is 12.7. The molecule has 1 aliphatic heterocycles. The van der Waals surface area contributed by atoms with E-state index in [0.29, 0.717) is 17.7 Å². The summed E-state index contributed by atoms with van der Waals surface area (Å²) in [5.41, 5.74) is 0. The molecule has 3 rings (SSSR count). The number of benzene rings is 1. The van der Waals surface area contributed by atoms with Gasteiger partial charge in [0.2, 0.25) is 5.91 Å². The number of rotatable bonds is 4. The maximum absolute atomic E-state index is 12.5. The van der Waals surface area contributed by atoms with Crippen molar-refractivity contribution < 1.29 is 9.53 Å². The lowest BCUT2D eigenvalue weighted by atomic mass is 9.97. The van der Waals surface area contributed by atoms with Gasteiger partial charge in [-0.1, -0.05) is 31.0 Å². The van der Waals surface area contributed by atoms with Crippen LogP contribution < -0.4 is 4.74 Å². The molecular weight excluding hydrogens is 262 g/mol. The molecule has 3 heteroatoms. The quantitative estimate of drug-likeness (QED) is 0.848. The molecular formula is C18H25NO2. The third-order valence-electron chi connectivity index (χ3n) is 4.76. The average molecular weight is 287 g/mol. The smallest absolute Gasteiger partial charge is 0.225 e. The van der Waals surface area contributed by atoms with E-state index in [1.807, 2.05) is 30.3 Å². The fraction of sp³-hybridized carbons (Fsp3) is 0.611. The number of hydrogen-bond donors (Lipinski definition) is 0. The van der Waals surface area contributed by atoms with Crippen molar-refractivity contribution in [2.24, 2.45) is 11.8 Å². The average Bonchev–Trinajstić information content (AvgIpc) is 3.08. The molecule has 2 fully saturated rings. The minimum absolute atomic E-state index is 0.304. The molecule has 1 aromatic carbocycles. The first-order valence-electron chi connectivity index (χ1n) is 8.29. The van der Waals surface area contributed by atoms with Gasteiger partial charge >= 0.3 is 0 Å². The second-order valence-corrected chi connectivity index (χ2v) is 6.40. The summed E-state index contributed by atoms with van der Waals surface area (Å²) in [6.07, 6.45) is 6.93. The second kappa shape index (κ2) is 6.97. The van der Waals surface area contributed by atoms with Crippen LogP contribution in [0.3, 0.4) is 0 Å². The molecule has 0 bridgehead atoms. The fourth-order valence-electron chi connectivity index (χ4n) is 3.56. The highest BCUT2D eigenvalue weighted by Crippen LogP contribution is 2.28. The van der Waals surface area contributed by atoms with Gasteiger partial charge in [0.25, 0.3) is 0 Å². The Morgan fingerprint density at radius 2 is 1.86 bits per heavy atom. The maximum Gasteiger partial charge on any atom is 0.225 e. The molecule has 1 atom stereocenters. The lowest BCUT2D eigenvalue weighted by Gasteiger charge is -2.34. The van der Waals surface area contributed by atoms with Crippen LogP contribution in [0.1, 0.15) is 38.5 Å². The molecule has 1 unspecified atom stereocenters. The van der Waals surface area contributed by atoms with Gasteiger partial charge in [0.05, 0.1) is 6.61 Å². The van der Waals surface area contributed by atoms with Crippen molar-refractivity contribution in [2.45, 2.75) is 38.5 Å². The Balaban J connectivity index is 1.49. The standard InChI is InChI=1S/C18H25NO2/c20-18(16-8-4-5-9-16)19-12-6-7-15(13-19)14-21-17-10-2-1-3-11-17/h1-3,10-11,15-16H,4-9,12-14H2. The van der Waals surface area contributed by atoms with Gasteiger partial charge in [-0.3, -0.25) is 4.79 Å². The summed E-state index contributed by atoms with van der Waals surface area (Å²) in [6.45, 7) is 2.54. The van der Waals surface area contributed by atoms with Crippen LogP contribution in [0.15, 0.2) is 30.3 Å². The zero-order chi connectivity index (χ0) is 14.5. The van der Waals surface area contributed by atoms with E-state index < -0.39 is 0 Å². The first-order chi connectivity index (χ1) is 10.3. The van der Waals surface area contributed by atoms with Crippen LogP contribution in [0, 0.1) is 11.8 Å². The fourth-order valence-corrected chi connectivity index (χ4v) is 3.56. The van der Waals surface area contributed by atoms with E-state index in [1.54, 1.807) is 0 Å². The molecule has 1 saturated heterocycles. The lowest BCUT2D eigenvalue weighted by Crippen LogP contribution is -2.43. The Bertz CT molecular complexity index is 454. The van der Waals surface area contributed by atoms with Crippen molar-refractivity contribution >= 4 is 5.91 Å². The van der Waals surface area contributed by atoms with Crippen LogP contribution in [-0.2, 0) is 4.79 Å². The molecule has 1 amide bonds. The normalized spacial score (nSPS) is 23.2. The molecule has 1 heterocycles. The molecule has 1 aromatic rings. The van der Waals surface area contributed by atoms with Crippen LogP contribution in [0.4, 0.5) is 0 Å². The second-order valence-electron chi connectivity index (χ2n) is 6.40. The summed E-state index contributed by atoms with van der Waals surface area (Å²) in [5.74, 6) is 2.11. The van der Waals surface area contributed by atoms with E-state index >= 15 is 0 Å². The van der Waals surface area contributed by atoms with E-state index in [1.165, 1.54) is 19.3 Å². The number of carbonyl (C=O) groups excluding carboxylic acids is 1. The minimum Gasteiger partial charge on any atom is -0.493 e. The number of para-hydroxylation sites is 1. The summed E-state index contributed by atoms with van der Waals surface area (Å²) < 4.78 is 5.86. The highest BCUT2D eigenvalue weighted by Gasteiger charge is 2.30. The topological polar surface area (TPSA) is 29.5 Å². The Hall–Kier alpha value is -1.51. The number of piperidine rings is 1.